The normalized spacial score (nSPS) is 16.8. The fourth-order valence-corrected chi connectivity index (χ4v) is 3.90. The summed E-state index contributed by atoms with van der Waals surface area (Å²) in [6, 6.07) is 15.6. The number of likely N-dealkylation sites (tertiary alicyclic amines) is 1. The molecule has 0 unspecified atom stereocenters. The molecule has 1 fully saturated rings. The summed E-state index contributed by atoms with van der Waals surface area (Å²) >= 11 is 0. The molecule has 2 aromatic rings. The smallest absolute Gasteiger partial charge is 0.277 e. The molecule has 1 saturated heterocycles. The number of hydrogen-bond acceptors (Lipinski definition) is 5. The van der Waals surface area contributed by atoms with Gasteiger partial charge in [-0.2, -0.15) is 0 Å². The summed E-state index contributed by atoms with van der Waals surface area (Å²) in [5.41, 5.74) is 2.32. The topological polar surface area (TPSA) is 83.8 Å². The average Bonchev–Trinajstić information content (AvgIpc) is 3.34. The van der Waals surface area contributed by atoms with Crippen LogP contribution in [0.4, 0.5) is 5.69 Å². The lowest BCUT2D eigenvalue weighted by molar-refractivity contribution is -0.384. The zero-order chi connectivity index (χ0) is 20.4. The Labute approximate surface area is 168 Å². The zero-order valence-corrected chi connectivity index (χ0v) is 15.9. The Morgan fingerprint density at radius 2 is 1.55 bits per heavy atom. The van der Waals surface area contributed by atoms with E-state index in [0.29, 0.717) is 29.8 Å². The van der Waals surface area contributed by atoms with Gasteiger partial charge in [-0.3, -0.25) is 24.6 Å². The molecule has 0 N–H and O–H groups in total. The van der Waals surface area contributed by atoms with E-state index in [2.05, 4.69) is 0 Å². The van der Waals surface area contributed by atoms with Crippen molar-refractivity contribution < 1.29 is 14.5 Å². The van der Waals surface area contributed by atoms with Gasteiger partial charge in [-0.1, -0.05) is 30.3 Å². The van der Waals surface area contributed by atoms with Gasteiger partial charge in [-0.05, 0) is 42.5 Å². The summed E-state index contributed by atoms with van der Waals surface area (Å²) < 4.78 is 0. The first-order chi connectivity index (χ1) is 14.1. The molecule has 2 aliphatic rings. The lowest BCUT2D eigenvalue weighted by Crippen LogP contribution is -2.36. The molecule has 0 bridgehead atoms. The minimum Gasteiger partial charge on any atom is -0.366 e. The van der Waals surface area contributed by atoms with Crippen LogP contribution in [0.5, 0.6) is 0 Å². The van der Waals surface area contributed by atoms with Crippen LogP contribution in [-0.2, 0) is 16.0 Å². The Morgan fingerprint density at radius 1 is 0.897 bits per heavy atom. The zero-order valence-electron chi connectivity index (χ0n) is 15.9. The van der Waals surface area contributed by atoms with Gasteiger partial charge in [0, 0.05) is 31.8 Å². The van der Waals surface area contributed by atoms with Crippen LogP contribution in [0, 0.1) is 10.1 Å². The summed E-state index contributed by atoms with van der Waals surface area (Å²) in [6.45, 7) is 1.77. The SMILES string of the molecule is O=C1C(c2ccc([N+](=O)[O-])cc2)=C(N2CCCC2)C(=O)N1CCc1ccccc1. The van der Waals surface area contributed by atoms with Crippen LogP contribution in [-0.4, -0.2) is 46.2 Å². The number of amides is 2. The predicted molar refractivity (Wildman–Crippen MR) is 108 cm³/mol. The first-order valence-corrected chi connectivity index (χ1v) is 9.70. The van der Waals surface area contributed by atoms with Crippen molar-refractivity contribution >= 4 is 23.1 Å². The van der Waals surface area contributed by atoms with Crippen molar-refractivity contribution in [3.05, 3.63) is 81.5 Å². The fraction of sp³-hybridized carbons (Fsp3) is 0.273. The molecule has 2 heterocycles. The highest BCUT2D eigenvalue weighted by atomic mass is 16.6. The maximum absolute atomic E-state index is 13.2. The van der Waals surface area contributed by atoms with Crippen LogP contribution in [0.1, 0.15) is 24.0 Å². The third-order valence-electron chi connectivity index (χ3n) is 5.40. The van der Waals surface area contributed by atoms with Crippen LogP contribution < -0.4 is 0 Å². The van der Waals surface area contributed by atoms with Gasteiger partial charge in [0.25, 0.3) is 17.5 Å². The van der Waals surface area contributed by atoms with Crippen LogP contribution >= 0.6 is 0 Å². The Bertz CT molecular complexity index is 977. The lowest BCUT2D eigenvalue weighted by Gasteiger charge is -2.20. The number of hydrogen-bond donors (Lipinski definition) is 0. The number of nitro benzene ring substituents is 1. The second-order valence-electron chi connectivity index (χ2n) is 7.22. The van der Waals surface area contributed by atoms with Crippen molar-refractivity contribution in [2.75, 3.05) is 19.6 Å². The van der Waals surface area contributed by atoms with E-state index in [0.717, 1.165) is 31.5 Å². The maximum Gasteiger partial charge on any atom is 0.277 e. The first-order valence-electron chi connectivity index (χ1n) is 9.70. The quantitative estimate of drug-likeness (QED) is 0.429. The molecule has 0 atom stereocenters. The average molecular weight is 391 g/mol. The molecule has 0 spiro atoms. The van der Waals surface area contributed by atoms with Crippen molar-refractivity contribution in [2.45, 2.75) is 19.3 Å². The molecule has 0 radical (unpaired) electrons. The van der Waals surface area contributed by atoms with Gasteiger partial charge in [0.15, 0.2) is 0 Å². The van der Waals surface area contributed by atoms with Crippen molar-refractivity contribution in [2.24, 2.45) is 0 Å². The summed E-state index contributed by atoms with van der Waals surface area (Å²) in [7, 11) is 0. The van der Waals surface area contributed by atoms with E-state index in [-0.39, 0.29) is 17.5 Å². The third kappa shape index (κ3) is 3.63. The predicted octanol–water partition coefficient (Wildman–Crippen LogP) is 3.01. The number of non-ortho nitro benzene ring substituents is 1. The van der Waals surface area contributed by atoms with E-state index >= 15 is 0 Å². The standard InChI is InChI=1S/C22H21N3O4/c26-21-19(17-8-10-18(11-9-17)25(28)29)20(23-13-4-5-14-23)22(27)24(21)15-12-16-6-2-1-3-7-16/h1-3,6-11H,4-5,12-15H2. The Balaban J connectivity index is 1.65. The molecule has 2 aromatic carbocycles. The maximum atomic E-state index is 13.2. The highest BCUT2D eigenvalue weighted by Gasteiger charge is 2.41. The molecule has 29 heavy (non-hydrogen) atoms. The number of carbonyl (C=O) groups excluding carboxylic acids is 2. The van der Waals surface area contributed by atoms with Gasteiger partial charge >= 0.3 is 0 Å². The number of nitrogens with zero attached hydrogens (tertiary/aromatic N) is 3. The second kappa shape index (κ2) is 7.87. The largest absolute Gasteiger partial charge is 0.366 e. The number of rotatable bonds is 6. The molecule has 0 saturated carbocycles. The van der Waals surface area contributed by atoms with Gasteiger partial charge in [-0.15, -0.1) is 0 Å². The molecule has 0 aliphatic carbocycles. The van der Waals surface area contributed by atoms with E-state index in [9.17, 15) is 19.7 Å². The molecular weight excluding hydrogens is 370 g/mol. The Kier molecular flexibility index (Phi) is 5.12. The van der Waals surface area contributed by atoms with Gasteiger partial charge < -0.3 is 4.90 Å². The van der Waals surface area contributed by atoms with Crippen LogP contribution in [0.25, 0.3) is 5.57 Å². The highest BCUT2D eigenvalue weighted by Crippen LogP contribution is 2.34. The molecular formula is C22H21N3O4. The lowest BCUT2D eigenvalue weighted by atomic mass is 10.0. The summed E-state index contributed by atoms with van der Waals surface area (Å²) in [6.07, 6.45) is 2.53. The van der Waals surface area contributed by atoms with Gasteiger partial charge in [0.1, 0.15) is 5.70 Å². The van der Waals surface area contributed by atoms with Gasteiger partial charge in [0.2, 0.25) is 0 Å². The number of benzene rings is 2. The van der Waals surface area contributed by atoms with Crippen molar-refractivity contribution in [3.63, 3.8) is 0 Å². The summed E-state index contributed by atoms with van der Waals surface area (Å²) in [5, 5.41) is 11.0. The fourth-order valence-electron chi connectivity index (χ4n) is 3.90. The van der Waals surface area contributed by atoms with Gasteiger partial charge in [-0.25, -0.2) is 0 Å². The monoisotopic (exact) mass is 391 g/mol. The van der Waals surface area contributed by atoms with Crippen LogP contribution in [0.3, 0.4) is 0 Å². The third-order valence-corrected chi connectivity index (χ3v) is 5.40. The van der Waals surface area contributed by atoms with E-state index in [1.54, 1.807) is 12.1 Å². The second-order valence-corrected chi connectivity index (χ2v) is 7.22. The summed E-state index contributed by atoms with van der Waals surface area (Å²) in [5.74, 6) is -0.608. The molecule has 2 amide bonds. The molecule has 7 nitrogen and oxygen atoms in total. The summed E-state index contributed by atoms with van der Waals surface area (Å²) in [4.78, 5) is 40.1. The van der Waals surface area contributed by atoms with E-state index in [4.69, 9.17) is 0 Å². The highest BCUT2D eigenvalue weighted by molar-refractivity contribution is 6.35. The number of nitro groups is 1. The van der Waals surface area contributed by atoms with Crippen LogP contribution in [0.2, 0.25) is 0 Å². The molecule has 7 heteroatoms. The minimum absolute atomic E-state index is 0.0465. The van der Waals surface area contributed by atoms with E-state index < -0.39 is 4.92 Å². The van der Waals surface area contributed by atoms with Crippen molar-refractivity contribution in [1.29, 1.82) is 0 Å². The van der Waals surface area contributed by atoms with Gasteiger partial charge in [0.05, 0.1) is 10.5 Å². The molecule has 4 rings (SSSR count). The number of carbonyl (C=O) groups is 2. The molecule has 0 aromatic heterocycles. The van der Waals surface area contributed by atoms with Crippen molar-refractivity contribution in [3.8, 4) is 0 Å². The molecule has 148 valence electrons. The Morgan fingerprint density at radius 3 is 2.17 bits per heavy atom. The van der Waals surface area contributed by atoms with Crippen molar-refractivity contribution in [1.82, 2.24) is 9.80 Å². The first kappa shape index (κ1) is 18.9. The van der Waals surface area contributed by atoms with E-state index in [1.807, 2.05) is 35.2 Å². The Hall–Kier alpha value is -3.48. The van der Waals surface area contributed by atoms with E-state index in [1.165, 1.54) is 17.0 Å². The molecule has 2 aliphatic heterocycles. The minimum atomic E-state index is -0.479. The van der Waals surface area contributed by atoms with Crippen LogP contribution in [0.15, 0.2) is 60.3 Å². The number of imide groups is 1.